The third-order valence-electron chi connectivity index (χ3n) is 3.38. The molecule has 0 aromatic carbocycles. The Hall–Kier alpha value is -1.29. The van der Waals surface area contributed by atoms with Crippen molar-refractivity contribution < 1.29 is 14.3 Å². The highest BCUT2D eigenvalue weighted by Crippen LogP contribution is 2.30. The van der Waals surface area contributed by atoms with Crippen molar-refractivity contribution in [2.75, 3.05) is 13.1 Å². The summed E-state index contributed by atoms with van der Waals surface area (Å²) < 4.78 is 5.21. The normalized spacial score (nSPS) is 19.7. The molecule has 1 N–H and O–H groups in total. The Balaban J connectivity index is 2.07. The minimum absolute atomic E-state index is 0.0379. The van der Waals surface area contributed by atoms with Gasteiger partial charge >= 0.3 is 5.97 Å². The van der Waals surface area contributed by atoms with E-state index in [4.69, 9.17) is 9.52 Å². The van der Waals surface area contributed by atoms with Crippen molar-refractivity contribution in [3.8, 4) is 0 Å². The first-order chi connectivity index (χ1) is 7.87. The van der Waals surface area contributed by atoms with Crippen molar-refractivity contribution in [3.05, 3.63) is 23.2 Å². The molecular formula is C13H19NO3. The van der Waals surface area contributed by atoms with Gasteiger partial charge in [-0.25, -0.2) is 4.79 Å². The lowest BCUT2D eigenvalue weighted by Crippen LogP contribution is -2.22. The Morgan fingerprint density at radius 3 is 2.76 bits per heavy atom. The molecule has 0 unspecified atom stereocenters. The van der Waals surface area contributed by atoms with Gasteiger partial charge in [0.1, 0.15) is 5.76 Å². The number of furan rings is 1. The van der Waals surface area contributed by atoms with Crippen LogP contribution in [0.2, 0.25) is 0 Å². The lowest BCUT2D eigenvalue weighted by Gasteiger charge is -2.19. The maximum absolute atomic E-state index is 10.8. The van der Waals surface area contributed by atoms with Crippen LogP contribution in [0.4, 0.5) is 0 Å². The summed E-state index contributed by atoms with van der Waals surface area (Å²) in [5.41, 5.74) is 1.35. The van der Waals surface area contributed by atoms with E-state index in [1.807, 2.05) is 6.92 Å². The first-order valence-electron chi connectivity index (χ1n) is 5.92. The maximum atomic E-state index is 10.8. The van der Waals surface area contributed by atoms with Gasteiger partial charge in [0.2, 0.25) is 5.76 Å². The monoisotopic (exact) mass is 237 g/mol. The van der Waals surface area contributed by atoms with Gasteiger partial charge in [-0.15, -0.1) is 0 Å². The lowest BCUT2D eigenvalue weighted by atomic mass is 9.93. The minimum atomic E-state index is -0.999. The number of carboxylic acid groups (broad SMARTS) is 1. The molecule has 0 amide bonds. The molecule has 4 nitrogen and oxygen atoms in total. The fourth-order valence-corrected chi connectivity index (χ4v) is 2.38. The zero-order chi connectivity index (χ0) is 12.6. The lowest BCUT2D eigenvalue weighted by molar-refractivity contribution is 0.0661. The van der Waals surface area contributed by atoms with Gasteiger partial charge in [-0.05, 0) is 31.4 Å². The highest BCUT2D eigenvalue weighted by molar-refractivity contribution is 5.84. The Bertz CT molecular complexity index is 434. The molecule has 1 aromatic rings. The summed E-state index contributed by atoms with van der Waals surface area (Å²) in [7, 11) is 0. The van der Waals surface area contributed by atoms with Crippen molar-refractivity contribution in [2.24, 2.45) is 5.41 Å². The Morgan fingerprint density at radius 1 is 1.59 bits per heavy atom. The van der Waals surface area contributed by atoms with Gasteiger partial charge < -0.3 is 9.52 Å². The number of carboxylic acids is 1. The predicted molar refractivity (Wildman–Crippen MR) is 64.1 cm³/mol. The van der Waals surface area contributed by atoms with Gasteiger partial charge in [0.15, 0.2) is 0 Å². The average Bonchev–Trinajstić information content (AvgIpc) is 2.72. The molecule has 0 aliphatic carbocycles. The van der Waals surface area contributed by atoms with Gasteiger partial charge in [-0.1, -0.05) is 13.8 Å². The van der Waals surface area contributed by atoms with Crippen molar-refractivity contribution in [3.63, 3.8) is 0 Å². The van der Waals surface area contributed by atoms with Crippen molar-refractivity contribution in [1.82, 2.24) is 4.90 Å². The van der Waals surface area contributed by atoms with E-state index >= 15 is 0 Å². The van der Waals surface area contributed by atoms with Gasteiger partial charge in [0.05, 0.1) is 0 Å². The maximum Gasteiger partial charge on any atom is 0.371 e. The van der Waals surface area contributed by atoms with E-state index in [0.717, 1.165) is 25.2 Å². The summed E-state index contributed by atoms with van der Waals surface area (Å²) in [6, 6.07) is 1.64. The number of carbonyl (C=O) groups is 1. The molecule has 1 aliphatic rings. The third kappa shape index (κ3) is 2.69. The zero-order valence-electron chi connectivity index (χ0n) is 10.6. The summed E-state index contributed by atoms with van der Waals surface area (Å²) in [6.07, 6.45) is 1.19. The Labute approximate surface area is 101 Å². The quantitative estimate of drug-likeness (QED) is 0.877. The van der Waals surface area contributed by atoms with Crippen molar-refractivity contribution >= 4 is 5.97 Å². The van der Waals surface area contributed by atoms with Crippen molar-refractivity contribution in [1.29, 1.82) is 0 Å². The molecule has 1 saturated heterocycles. The van der Waals surface area contributed by atoms with E-state index in [9.17, 15) is 4.79 Å². The Morgan fingerprint density at radius 2 is 2.29 bits per heavy atom. The molecule has 1 aliphatic heterocycles. The molecule has 94 valence electrons. The van der Waals surface area contributed by atoms with E-state index in [-0.39, 0.29) is 5.76 Å². The number of rotatable bonds is 3. The van der Waals surface area contributed by atoms with Crippen LogP contribution < -0.4 is 0 Å². The largest absolute Gasteiger partial charge is 0.475 e. The molecule has 0 spiro atoms. The zero-order valence-corrected chi connectivity index (χ0v) is 10.6. The van der Waals surface area contributed by atoms with Crippen LogP contribution in [0, 0.1) is 12.3 Å². The summed E-state index contributed by atoms with van der Waals surface area (Å²) in [6.45, 7) is 9.25. The molecule has 2 heterocycles. The number of nitrogens with zero attached hydrogens (tertiary/aromatic N) is 1. The highest BCUT2D eigenvalue weighted by atomic mass is 16.4. The van der Waals surface area contributed by atoms with Gasteiger partial charge in [-0.3, -0.25) is 4.90 Å². The summed E-state index contributed by atoms with van der Waals surface area (Å²) in [5, 5.41) is 8.86. The van der Waals surface area contributed by atoms with E-state index in [0.29, 0.717) is 11.2 Å². The van der Waals surface area contributed by atoms with E-state index in [2.05, 4.69) is 18.7 Å². The Kier molecular flexibility index (Phi) is 3.00. The van der Waals surface area contributed by atoms with Gasteiger partial charge in [-0.2, -0.15) is 0 Å². The van der Waals surface area contributed by atoms with Crippen LogP contribution in [0.1, 0.15) is 42.1 Å². The fraction of sp³-hybridized carbons (Fsp3) is 0.615. The number of aromatic carboxylic acids is 1. The van der Waals surface area contributed by atoms with Crippen LogP contribution in [0.3, 0.4) is 0 Å². The number of aryl methyl sites for hydroxylation is 1. The van der Waals surface area contributed by atoms with Gasteiger partial charge in [0.25, 0.3) is 0 Å². The van der Waals surface area contributed by atoms with E-state index < -0.39 is 5.97 Å². The predicted octanol–water partition coefficient (Wildman–Crippen LogP) is 2.52. The molecule has 1 fully saturated rings. The van der Waals surface area contributed by atoms with Crippen LogP contribution in [0.25, 0.3) is 0 Å². The summed E-state index contributed by atoms with van der Waals surface area (Å²) in [5.74, 6) is -0.246. The first kappa shape index (κ1) is 12.2. The third-order valence-corrected chi connectivity index (χ3v) is 3.38. The topological polar surface area (TPSA) is 53.7 Å². The average molecular weight is 237 g/mol. The molecule has 1 aromatic heterocycles. The van der Waals surface area contributed by atoms with Crippen LogP contribution in [0.15, 0.2) is 10.5 Å². The van der Waals surface area contributed by atoms with Crippen LogP contribution in [-0.2, 0) is 6.54 Å². The molecule has 0 bridgehead atoms. The highest BCUT2D eigenvalue weighted by Gasteiger charge is 2.29. The van der Waals surface area contributed by atoms with Crippen LogP contribution in [-0.4, -0.2) is 29.1 Å². The van der Waals surface area contributed by atoms with E-state index in [1.165, 1.54) is 6.42 Å². The van der Waals surface area contributed by atoms with Crippen molar-refractivity contribution in [2.45, 2.75) is 33.7 Å². The first-order valence-corrected chi connectivity index (χ1v) is 5.92. The molecule has 0 radical (unpaired) electrons. The molecular weight excluding hydrogens is 218 g/mol. The second-order valence-electron chi connectivity index (χ2n) is 5.62. The molecule has 17 heavy (non-hydrogen) atoms. The van der Waals surface area contributed by atoms with Gasteiger partial charge in [0, 0.05) is 18.7 Å². The van der Waals surface area contributed by atoms with Crippen LogP contribution >= 0.6 is 0 Å². The SMILES string of the molecule is Cc1oc(C(=O)O)cc1CN1CCC(C)(C)C1. The summed E-state index contributed by atoms with van der Waals surface area (Å²) in [4.78, 5) is 13.2. The summed E-state index contributed by atoms with van der Waals surface area (Å²) >= 11 is 0. The second-order valence-corrected chi connectivity index (χ2v) is 5.62. The smallest absolute Gasteiger partial charge is 0.371 e. The number of hydrogen-bond acceptors (Lipinski definition) is 3. The fourth-order valence-electron chi connectivity index (χ4n) is 2.38. The second kappa shape index (κ2) is 4.18. The number of likely N-dealkylation sites (tertiary alicyclic amines) is 1. The number of hydrogen-bond donors (Lipinski definition) is 1. The van der Waals surface area contributed by atoms with Crippen LogP contribution in [0.5, 0.6) is 0 Å². The van der Waals surface area contributed by atoms with E-state index in [1.54, 1.807) is 6.07 Å². The standard InChI is InChI=1S/C13H19NO3/c1-9-10(6-11(17-9)12(15)16)7-14-5-4-13(2,3)8-14/h6H,4-5,7-8H2,1-3H3,(H,15,16). The minimum Gasteiger partial charge on any atom is -0.475 e. The molecule has 0 saturated carbocycles. The molecule has 0 atom stereocenters. The molecule has 2 rings (SSSR count). The molecule has 4 heteroatoms.